The number of halogens is 3. The van der Waals surface area contributed by atoms with Crippen molar-refractivity contribution >= 4 is 21.6 Å². The van der Waals surface area contributed by atoms with Crippen molar-refractivity contribution in [2.24, 2.45) is 5.16 Å². The van der Waals surface area contributed by atoms with E-state index in [0.717, 1.165) is 0 Å². The fourth-order valence-corrected chi connectivity index (χ4v) is 1.53. The summed E-state index contributed by atoms with van der Waals surface area (Å²) in [7, 11) is 0. The van der Waals surface area contributed by atoms with Crippen molar-refractivity contribution in [3.63, 3.8) is 0 Å². The summed E-state index contributed by atoms with van der Waals surface area (Å²) < 4.78 is 31.9. The van der Waals surface area contributed by atoms with E-state index in [2.05, 4.69) is 27.7 Å². The molecular weight excluding hydrogens is 308 g/mol. The Morgan fingerprint density at radius 1 is 1.56 bits per heavy atom. The minimum atomic E-state index is -0.821. The molecule has 3 nitrogen and oxygen atoms in total. The minimum Gasteiger partial charge on any atom is -0.411 e. The third-order valence-electron chi connectivity index (χ3n) is 2.26. The van der Waals surface area contributed by atoms with Gasteiger partial charge >= 0.3 is 0 Å². The number of rotatable bonds is 5. The van der Waals surface area contributed by atoms with Crippen molar-refractivity contribution in [1.29, 1.82) is 0 Å². The molecule has 1 aromatic carbocycles. The Morgan fingerprint density at radius 3 is 2.78 bits per heavy atom. The molecule has 6 heteroatoms. The third-order valence-corrected chi connectivity index (χ3v) is 2.86. The van der Waals surface area contributed by atoms with Crippen molar-refractivity contribution in [1.82, 2.24) is 0 Å². The smallest absolute Gasteiger partial charge is 0.140 e. The Kier molecular flexibility index (Phi) is 5.43. The summed E-state index contributed by atoms with van der Waals surface area (Å²) in [5.74, 6) is -1.55. The summed E-state index contributed by atoms with van der Waals surface area (Å²) in [5.41, 5.74) is -0.0519. The van der Waals surface area contributed by atoms with Gasteiger partial charge in [-0.3, -0.25) is 0 Å². The van der Waals surface area contributed by atoms with Gasteiger partial charge in [0.05, 0.1) is 17.2 Å². The first kappa shape index (κ1) is 14.8. The molecule has 0 aliphatic rings. The van der Waals surface area contributed by atoms with Crippen LogP contribution in [0, 0.1) is 11.6 Å². The van der Waals surface area contributed by atoms with Gasteiger partial charge in [-0.2, -0.15) is 0 Å². The fourth-order valence-electron chi connectivity index (χ4n) is 1.18. The first-order chi connectivity index (χ1) is 8.49. The van der Waals surface area contributed by atoms with Gasteiger partial charge in [-0.25, -0.2) is 8.78 Å². The molecule has 1 atom stereocenters. The summed E-state index contributed by atoms with van der Waals surface area (Å²) in [4.78, 5) is 0. The van der Waals surface area contributed by atoms with Crippen LogP contribution in [0.2, 0.25) is 0 Å². The minimum absolute atomic E-state index is 0.0259. The van der Waals surface area contributed by atoms with Crippen LogP contribution in [-0.4, -0.2) is 23.6 Å². The number of oxime groups is 1. The van der Waals surface area contributed by atoms with Crippen LogP contribution in [0.4, 0.5) is 8.78 Å². The van der Waals surface area contributed by atoms with Gasteiger partial charge in [0.25, 0.3) is 0 Å². The Labute approximate surface area is 112 Å². The van der Waals surface area contributed by atoms with Crippen LogP contribution in [0.3, 0.4) is 0 Å². The van der Waals surface area contributed by atoms with E-state index in [1.54, 1.807) is 13.0 Å². The first-order valence-corrected chi connectivity index (χ1v) is 5.89. The molecule has 1 unspecified atom stereocenters. The van der Waals surface area contributed by atoms with E-state index in [1.165, 1.54) is 6.07 Å². The first-order valence-electron chi connectivity index (χ1n) is 5.09. The fraction of sp³-hybridized carbons (Fsp3) is 0.250. The molecule has 0 heterocycles. The predicted molar refractivity (Wildman–Crippen MR) is 68.0 cm³/mol. The van der Waals surface area contributed by atoms with Gasteiger partial charge in [0.2, 0.25) is 0 Å². The molecule has 0 saturated heterocycles. The average Bonchev–Trinajstić information content (AvgIpc) is 2.35. The van der Waals surface area contributed by atoms with E-state index in [0.29, 0.717) is 6.07 Å². The van der Waals surface area contributed by atoms with Gasteiger partial charge in [-0.1, -0.05) is 11.2 Å². The zero-order chi connectivity index (χ0) is 13.7. The maximum absolute atomic E-state index is 13.5. The highest BCUT2D eigenvalue weighted by atomic mass is 79.9. The van der Waals surface area contributed by atoms with E-state index < -0.39 is 11.6 Å². The van der Waals surface area contributed by atoms with E-state index in [9.17, 15) is 8.78 Å². The van der Waals surface area contributed by atoms with E-state index in [1.807, 2.05) is 0 Å². The Morgan fingerprint density at radius 2 is 2.22 bits per heavy atom. The molecule has 1 rings (SSSR count). The molecular formula is C12H12BrF2NO2. The topological polar surface area (TPSA) is 41.8 Å². The lowest BCUT2D eigenvalue weighted by molar-refractivity contribution is 0.130. The highest BCUT2D eigenvalue weighted by Gasteiger charge is 2.15. The molecule has 0 bridgehead atoms. The second kappa shape index (κ2) is 6.61. The summed E-state index contributed by atoms with van der Waals surface area (Å²) >= 11 is 2.94. The molecule has 98 valence electrons. The molecule has 0 spiro atoms. The van der Waals surface area contributed by atoms with Crippen LogP contribution in [0.5, 0.6) is 0 Å². The molecule has 0 saturated carbocycles. The Hall–Kier alpha value is -1.27. The molecule has 0 aliphatic heterocycles. The van der Waals surface area contributed by atoms with Gasteiger partial charge in [0.15, 0.2) is 0 Å². The summed E-state index contributed by atoms with van der Waals surface area (Å²) in [6.07, 6.45) is 1.28. The van der Waals surface area contributed by atoms with Gasteiger partial charge in [-0.15, -0.1) is 6.58 Å². The molecule has 1 N–H and O–H groups in total. The van der Waals surface area contributed by atoms with Crippen molar-refractivity contribution in [2.75, 3.05) is 6.61 Å². The SMILES string of the molecule is C=CC(C)OC/C(=N\O)c1cc(Br)c(F)cc1F. The monoisotopic (exact) mass is 319 g/mol. The maximum atomic E-state index is 13.5. The van der Waals surface area contributed by atoms with E-state index in [-0.39, 0.29) is 28.5 Å². The van der Waals surface area contributed by atoms with Gasteiger partial charge in [0.1, 0.15) is 17.3 Å². The highest BCUT2D eigenvalue weighted by molar-refractivity contribution is 9.10. The largest absolute Gasteiger partial charge is 0.411 e. The standard InChI is InChI=1S/C12H12BrF2NO2/c1-3-7(2)18-6-12(16-17)8-4-9(13)11(15)5-10(8)14/h3-5,7,17H,1,6H2,2H3/b16-12+. The summed E-state index contributed by atoms with van der Waals surface area (Å²) in [5, 5.41) is 11.8. The third kappa shape index (κ3) is 3.61. The molecule has 18 heavy (non-hydrogen) atoms. The molecule has 0 aliphatic carbocycles. The number of hydrogen-bond donors (Lipinski definition) is 1. The number of nitrogens with zero attached hydrogens (tertiary/aromatic N) is 1. The Balaban J connectivity index is 2.96. The van der Waals surface area contributed by atoms with Crippen molar-refractivity contribution in [3.8, 4) is 0 Å². The van der Waals surface area contributed by atoms with Crippen LogP contribution in [0.15, 0.2) is 34.4 Å². The van der Waals surface area contributed by atoms with Gasteiger partial charge in [-0.05, 0) is 28.9 Å². The van der Waals surface area contributed by atoms with Crippen molar-refractivity contribution in [2.45, 2.75) is 13.0 Å². The number of benzene rings is 1. The average molecular weight is 320 g/mol. The second-order valence-corrected chi connectivity index (χ2v) is 4.40. The van der Waals surface area contributed by atoms with E-state index >= 15 is 0 Å². The van der Waals surface area contributed by atoms with Gasteiger partial charge < -0.3 is 9.94 Å². The summed E-state index contributed by atoms with van der Waals surface area (Å²) in [6.45, 7) is 5.14. The molecule has 0 aromatic heterocycles. The van der Waals surface area contributed by atoms with E-state index in [4.69, 9.17) is 9.94 Å². The zero-order valence-electron chi connectivity index (χ0n) is 9.66. The quantitative estimate of drug-likeness (QED) is 0.297. The lowest BCUT2D eigenvalue weighted by atomic mass is 10.1. The van der Waals surface area contributed by atoms with Crippen LogP contribution < -0.4 is 0 Å². The van der Waals surface area contributed by atoms with Crippen molar-refractivity contribution < 1.29 is 18.7 Å². The second-order valence-electron chi connectivity index (χ2n) is 3.54. The lowest BCUT2D eigenvalue weighted by Gasteiger charge is -2.11. The Bertz CT molecular complexity index is 477. The number of hydrogen-bond acceptors (Lipinski definition) is 3. The van der Waals surface area contributed by atoms with Crippen LogP contribution >= 0.6 is 15.9 Å². The molecule has 1 aromatic rings. The lowest BCUT2D eigenvalue weighted by Crippen LogP contribution is -2.16. The zero-order valence-corrected chi connectivity index (χ0v) is 11.2. The van der Waals surface area contributed by atoms with Crippen LogP contribution in [-0.2, 0) is 4.74 Å². The molecule has 0 fully saturated rings. The van der Waals surface area contributed by atoms with Crippen LogP contribution in [0.1, 0.15) is 12.5 Å². The maximum Gasteiger partial charge on any atom is 0.140 e. The van der Waals surface area contributed by atoms with Crippen molar-refractivity contribution in [3.05, 3.63) is 46.5 Å². The summed E-state index contributed by atoms with van der Waals surface area (Å²) in [6, 6.07) is 1.91. The number of ether oxygens (including phenoxy) is 1. The highest BCUT2D eigenvalue weighted by Crippen LogP contribution is 2.20. The predicted octanol–water partition coefficient (Wildman–Crippen LogP) is 3.50. The molecule has 0 radical (unpaired) electrons. The van der Waals surface area contributed by atoms with Crippen LogP contribution in [0.25, 0.3) is 0 Å². The van der Waals surface area contributed by atoms with Gasteiger partial charge in [0, 0.05) is 11.6 Å². The normalized spacial score (nSPS) is 13.4. The molecule has 0 amide bonds.